The predicted molar refractivity (Wildman–Crippen MR) is 75.9 cm³/mol. The fraction of sp³-hybridized carbons (Fsp3) is 0.600. The lowest BCUT2D eigenvalue weighted by Crippen LogP contribution is -2.25. The van der Waals surface area contributed by atoms with Crippen molar-refractivity contribution >= 4 is 33.8 Å². The Bertz CT molecular complexity index is 455. The van der Waals surface area contributed by atoms with Crippen LogP contribution in [0.15, 0.2) is 0 Å². The minimum Gasteiger partial charge on any atom is -0.389 e. The molecule has 0 aliphatic heterocycles. The molecule has 1 rings (SSSR count). The van der Waals surface area contributed by atoms with E-state index >= 15 is 0 Å². The van der Waals surface area contributed by atoms with E-state index in [1.54, 1.807) is 10.9 Å². The molecule has 3 N–H and O–H groups in total. The Hall–Kier alpha value is -0.950. The van der Waals surface area contributed by atoms with E-state index in [1.807, 2.05) is 20.9 Å². The van der Waals surface area contributed by atoms with Crippen LogP contribution in [-0.2, 0) is 17.8 Å². The van der Waals surface area contributed by atoms with Crippen LogP contribution >= 0.6 is 12.2 Å². The first-order valence-electron chi connectivity index (χ1n) is 5.23. The zero-order valence-electron chi connectivity index (χ0n) is 10.5. The van der Waals surface area contributed by atoms with Gasteiger partial charge < -0.3 is 11.1 Å². The monoisotopic (exact) mass is 274 g/mol. The van der Waals surface area contributed by atoms with E-state index in [2.05, 4.69) is 10.4 Å². The van der Waals surface area contributed by atoms with Crippen LogP contribution in [0.25, 0.3) is 0 Å². The Morgan fingerprint density at radius 1 is 1.71 bits per heavy atom. The highest BCUT2D eigenvalue weighted by Crippen LogP contribution is 2.19. The average molecular weight is 274 g/mol. The van der Waals surface area contributed by atoms with E-state index in [0.29, 0.717) is 10.7 Å². The highest BCUT2D eigenvalue weighted by Gasteiger charge is 2.17. The first kappa shape index (κ1) is 14.1. The summed E-state index contributed by atoms with van der Waals surface area (Å²) in [6.45, 7) is 3.83. The molecule has 5 nitrogen and oxygen atoms in total. The van der Waals surface area contributed by atoms with Crippen molar-refractivity contribution < 1.29 is 4.21 Å². The zero-order chi connectivity index (χ0) is 13.2. The topological polar surface area (TPSA) is 72.9 Å². The summed E-state index contributed by atoms with van der Waals surface area (Å²) in [4.78, 5) is 0.322. The third kappa shape index (κ3) is 3.50. The molecule has 2 atom stereocenters. The van der Waals surface area contributed by atoms with E-state index in [9.17, 15) is 4.21 Å². The smallest absolute Gasteiger partial charge is 0.134 e. The zero-order valence-corrected chi connectivity index (χ0v) is 12.1. The van der Waals surface area contributed by atoms with Gasteiger partial charge in [-0.05, 0) is 13.8 Å². The van der Waals surface area contributed by atoms with E-state index in [4.69, 9.17) is 18.0 Å². The highest BCUT2D eigenvalue weighted by atomic mass is 32.2. The number of nitrogens with two attached hydrogens (primary N) is 1. The molecule has 1 aromatic rings. The Balaban J connectivity index is 2.97. The van der Waals surface area contributed by atoms with Gasteiger partial charge in [0.05, 0.1) is 11.3 Å². The molecule has 0 aliphatic rings. The van der Waals surface area contributed by atoms with Gasteiger partial charge in [0.1, 0.15) is 10.8 Å². The number of thiocarbonyl (C=S) groups is 1. The molecule has 0 bridgehead atoms. The van der Waals surface area contributed by atoms with Crippen LogP contribution in [0.1, 0.15) is 18.2 Å². The van der Waals surface area contributed by atoms with E-state index < -0.39 is 10.8 Å². The maximum absolute atomic E-state index is 11.2. The molecule has 0 spiro atoms. The molecule has 2 unspecified atom stereocenters. The summed E-state index contributed by atoms with van der Waals surface area (Å²) in [5.41, 5.74) is 7.24. The summed E-state index contributed by atoms with van der Waals surface area (Å²) < 4.78 is 12.9. The molecule has 1 heterocycles. The second-order valence-corrected chi connectivity index (χ2v) is 6.00. The molecule has 0 aliphatic carbocycles. The first-order chi connectivity index (χ1) is 7.82. The number of rotatable bonds is 5. The SMILES string of the molecule is Cc1nn(C)c(NC(C)CS(C)=O)c1C(N)=S. The standard InChI is InChI=1S/C10H18N4OS2/c1-6(5-17(4)15)12-10-8(9(11)16)7(2)13-14(10)3/h6,12H,5H2,1-4H3,(H2,11,16). The molecule has 0 radical (unpaired) electrons. The normalized spacial score (nSPS) is 14.4. The lowest BCUT2D eigenvalue weighted by molar-refractivity contribution is 0.681. The largest absolute Gasteiger partial charge is 0.389 e. The third-order valence-corrected chi connectivity index (χ3v) is 3.51. The van der Waals surface area contributed by atoms with Gasteiger partial charge in [-0.3, -0.25) is 8.89 Å². The summed E-state index contributed by atoms with van der Waals surface area (Å²) in [5.74, 6) is 1.36. The van der Waals surface area contributed by atoms with Crippen molar-refractivity contribution in [1.29, 1.82) is 0 Å². The van der Waals surface area contributed by atoms with Crippen molar-refractivity contribution in [2.24, 2.45) is 12.8 Å². The van der Waals surface area contributed by atoms with E-state index in [1.165, 1.54) is 0 Å². The van der Waals surface area contributed by atoms with Gasteiger partial charge in [-0.2, -0.15) is 5.10 Å². The summed E-state index contributed by atoms with van der Waals surface area (Å²) in [6.07, 6.45) is 1.68. The van der Waals surface area contributed by atoms with Gasteiger partial charge in [-0.1, -0.05) is 12.2 Å². The molecular weight excluding hydrogens is 256 g/mol. The molecule has 7 heteroatoms. The van der Waals surface area contributed by atoms with Gasteiger partial charge >= 0.3 is 0 Å². The maximum Gasteiger partial charge on any atom is 0.134 e. The fourth-order valence-corrected chi connectivity index (χ4v) is 2.78. The van der Waals surface area contributed by atoms with Crippen molar-refractivity contribution in [3.8, 4) is 0 Å². The van der Waals surface area contributed by atoms with Crippen LogP contribution in [0.5, 0.6) is 0 Å². The van der Waals surface area contributed by atoms with Crippen LogP contribution in [0.3, 0.4) is 0 Å². The van der Waals surface area contributed by atoms with Crippen LogP contribution < -0.4 is 11.1 Å². The van der Waals surface area contributed by atoms with Crippen molar-refractivity contribution in [3.05, 3.63) is 11.3 Å². The van der Waals surface area contributed by atoms with Crippen LogP contribution in [0, 0.1) is 6.92 Å². The van der Waals surface area contributed by atoms with Crippen LogP contribution in [-0.4, -0.2) is 37.0 Å². The molecule has 0 amide bonds. The van der Waals surface area contributed by atoms with Crippen molar-refractivity contribution in [2.45, 2.75) is 19.9 Å². The number of hydrogen-bond donors (Lipinski definition) is 2. The van der Waals surface area contributed by atoms with Gasteiger partial charge in [-0.15, -0.1) is 0 Å². The molecule has 0 fully saturated rings. The number of aryl methyl sites for hydroxylation is 2. The Labute approximate surface area is 109 Å². The first-order valence-corrected chi connectivity index (χ1v) is 7.36. The van der Waals surface area contributed by atoms with Crippen molar-refractivity contribution in [1.82, 2.24) is 9.78 Å². The van der Waals surface area contributed by atoms with Gasteiger partial charge in [0.2, 0.25) is 0 Å². The molecule has 0 saturated carbocycles. The highest BCUT2D eigenvalue weighted by molar-refractivity contribution is 7.84. The lowest BCUT2D eigenvalue weighted by atomic mass is 10.2. The second-order valence-electron chi connectivity index (χ2n) is 4.08. The van der Waals surface area contributed by atoms with Gasteiger partial charge in [0.15, 0.2) is 0 Å². The minimum absolute atomic E-state index is 0.0729. The minimum atomic E-state index is -0.843. The number of aromatic nitrogens is 2. The second kappa shape index (κ2) is 5.59. The van der Waals surface area contributed by atoms with Gasteiger partial charge in [0.25, 0.3) is 0 Å². The summed E-state index contributed by atoms with van der Waals surface area (Å²) in [6, 6.07) is 0.0729. The Kier molecular flexibility index (Phi) is 4.64. The van der Waals surface area contributed by atoms with Gasteiger partial charge in [0, 0.05) is 35.9 Å². The molecule has 0 saturated heterocycles. The van der Waals surface area contributed by atoms with E-state index in [0.717, 1.165) is 17.1 Å². The summed E-state index contributed by atoms with van der Waals surface area (Å²) in [5, 5.41) is 7.53. The summed E-state index contributed by atoms with van der Waals surface area (Å²) >= 11 is 5.02. The lowest BCUT2D eigenvalue weighted by Gasteiger charge is -2.15. The van der Waals surface area contributed by atoms with Crippen LogP contribution in [0.2, 0.25) is 0 Å². The predicted octanol–water partition coefficient (Wildman–Crippen LogP) is 0.542. The Morgan fingerprint density at radius 3 is 2.76 bits per heavy atom. The van der Waals surface area contributed by atoms with Crippen molar-refractivity contribution in [2.75, 3.05) is 17.3 Å². The number of nitrogens with one attached hydrogen (secondary N) is 1. The number of hydrogen-bond acceptors (Lipinski definition) is 4. The molecule has 0 aromatic carbocycles. The Morgan fingerprint density at radius 2 is 2.29 bits per heavy atom. The van der Waals surface area contributed by atoms with Crippen LogP contribution in [0.4, 0.5) is 5.82 Å². The average Bonchev–Trinajstić information content (AvgIpc) is 2.39. The third-order valence-electron chi connectivity index (χ3n) is 2.34. The van der Waals surface area contributed by atoms with Crippen molar-refractivity contribution in [3.63, 3.8) is 0 Å². The quantitative estimate of drug-likeness (QED) is 0.767. The van der Waals surface area contributed by atoms with Gasteiger partial charge in [-0.25, -0.2) is 0 Å². The molecule has 96 valence electrons. The summed E-state index contributed by atoms with van der Waals surface area (Å²) in [7, 11) is 0.983. The van der Waals surface area contributed by atoms with E-state index in [-0.39, 0.29) is 6.04 Å². The fourth-order valence-electron chi connectivity index (χ4n) is 1.75. The number of nitrogens with zero attached hydrogens (tertiary/aromatic N) is 2. The molecule has 17 heavy (non-hydrogen) atoms. The maximum atomic E-state index is 11.2. The number of anilines is 1. The molecular formula is C10H18N4OS2. The molecule has 1 aromatic heterocycles.